The van der Waals surface area contributed by atoms with Crippen LogP contribution < -0.4 is 11.1 Å². The number of hydrogen-bond donors (Lipinski definition) is 4. The summed E-state index contributed by atoms with van der Waals surface area (Å²) in [6.45, 7) is 5.13. The van der Waals surface area contributed by atoms with Crippen molar-refractivity contribution in [3.63, 3.8) is 0 Å². The zero-order valence-electron chi connectivity index (χ0n) is 9.74. The number of rotatable bonds is 4. The van der Waals surface area contributed by atoms with Crippen molar-refractivity contribution in [2.45, 2.75) is 6.54 Å². The standard InChI is InChI=1S/C11H18N6/c12-8-15-11(13)10-2-1-9(16-10)7-17-5-3-14-4-6-17/h1-2,8,14,16H,3-7H2,(H3,12,13,15). The predicted molar refractivity (Wildman–Crippen MR) is 68.4 cm³/mol. The molecule has 1 saturated heterocycles. The zero-order valence-corrected chi connectivity index (χ0v) is 9.74. The molecule has 5 N–H and O–H groups in total. The molecule has 6 heteroatoms. The van der Waals surface area contributed by atoms with Crippen LogP contribution in [0.25, 0.3) is 0 Å². The molecular weight excluding hydrogens is 216 g/mol. The summed E-state index contributed by atoms with van der Waals surface area (Å²) in [4.78, 5) is 9.35. The molecule has 92 valence electrons. The van der Waals surface area contributed by atoms with E-state index >= 15 is 0 Å². The molecule has 0 unspecified atom stereocenters. The number of H-pyrrole nitrogens is 1. The maximum Gasteiger partial charge on any atom is 0.148 e. The van der Waals surface area contributed by atoms with E-state index in [-0.39, 0.29) is 0 Å². The lowest BCUT2D eigenvalue weighted by atomic mass is 10.3. The molecule has 1 aromatic rings. The first-order valence-electron chi connectivity index (χ1n) is 5.73. The summed E-state index contributed by atoms with van der Waals surface area (Å²) < 4.78 is 0. The zero-order chi connectivity index (χ0) is 12.1. The van der Waals surface area contributed by atoms with E-state index in [4.69, 9.17) is 11.1 Å². The fraction of sp³-hybridized carbons (Fsp3) is 0.455. The molecule has 0 aliphatic carbocycles. The molecule has 0 spiro atoms. The normalized spacial score (nSPS) is 18.2. The van der Waals surface area contributed by atoms with Crippen LogP contribution in [0.5, 0.6) is 0 Å². The van der Waals surface area contributed by atoms with Crippen LogP contribution in [0.4, 0.5) is 0 Å². The van der Waals surface area contributed by atoms with Crippen molar-refractivity contribution in [1.29, 1.82) is 5.41 Å². The number of nitrogens with two attached hydrogens (primary N) is 1. The predicted octanol–water partition coefficient (Wildman–Crippen LogP) is -0.268. The molecule has 0 aromatic carbocycles. The molecule has 1 aromatic heterocycles. The van der Waals surface area contributed by atoms with Crippen molar-refractivity contribution in [3.8, 4) is 0 Å². The van der Waals surface area contributed by atoms with Crippen LogP contribution in [-0.2, 0) is 6.54 Å². The van der Waals surface area contributed by atoms with Crippen LogP contribution in [0.15, 0.2) is 17.1 Å². The van der Waals surface area contributed by atoms with Gasteiger partial charge in [0.2, 0.25) is 0 Å². The Bertz CT molecular complexity index is 402. The Balaban J connectivity index is 1.98. The third-order valence-electron chi connectivity index (χ3n) is 2.83. The van der Waals surface area contributed by atoms with E-state index in [0.717, 1.165) is 50.5 Å². The maximum absolute atomic E-state index is 6.87. The molecule has 1 aliphatic rings. The third kappa shape index (κ3) is 3.15. The van der Waals surface area contributed by atoms with Crippen LogP contribution in [0, 0.1) is 5.41 Å². The van der Waals surface area contributed by atoms with Crippen molar-refractivity contribution >= 4 is 12.2 Å². The number of aliphatic imine (C=N–C) groups is 1. The third-order valence-corrected chi connectivity index (χ3v) is 2.83. The summed E-state index contributed by atoms with van der Waals surface area (Å²) in [6, 6.07) is 3.92. The minimum absolute atomic E-state index is 0.353. The molecule has 0 saturated carbocycles. The summed E-state index contributed by atoms with van der Waals surface area (Å²) in [5.74, 6) is 0.353. The fourth-order valence-electron chi connectivity index (χ4n) is 1.93. The lowest BCUT2D eigenvalue weighted by molar-refractivity contribution is 0.231. The lowest BCUT2D eigenvalue weighted by Gasteiger charge is -2.26. The van der Waals surface area contributed by atoms with E-state index in [0.29, 0.717) is 5.84 Å². The van der Waals surface area contributed by atoms with Gasteiger partial charge in [0, 0.05) is 38.4 Å². The second kappa shape index (κ2) is 5.60. The highest BCUT2D eigenvalue weighted by Crippen LogP contribution is 2.06. The van der Waals surface area contributed by atoms with Gasteiger partial charge >= 0.3 is 0 Å². The van der Waals surface area contributed by atoms with Crippen LogP contribution in [0.3, 0.4) is 0 Å². The van der Waals surface area contributed by atoms with E-state index in [1.54, 1.807) is 0 Å². The summed E-state index contributed by atoms with van der Waals surface area (Å²) in [5, 5.41) is 10.2. The first kappa shape index (κ1) is 11.8. The summed E-state index contributed by atoms with van der Waals surface area (Å²) in [7, 11) is 0. The van der Waals surface area contributed by atoms with E-state index in [2.05, 4.69) is 20.2 Å². The summed E-state index contributed by atoms with van der Waals surface area (Å²) >= 11 is 0. The highest BCUT2D eigenvalue weighted by Gasteiger charge is 2.11. The first-order chi connectivity index (χ1) is 8.29. The molecule has 1 fully saturated rings. The molecular formula is C11H18N6. The molecule has 2 rings (SSSR count). The average molecular weight is 234 g/mol. The minimum atomic E-state index is 0.353. The van der Waals surface area contributed by atoms with Gasteiger partial charge < -0.3 is 16.0 Å². The van der Waals surface area contributed by atoms with Gasteiger partial charge in [0.25, 0.3) is 0 Å². The number of amidine groups is 1. The van der Waals surface area contributed by atoms with E-state index in [1.165, 1.54) is 0 Å². The molecule has 0 amide bonds. The van der Waals surface area contributed by atoms with Crippen LogP contribution in [0.1, 0.15) is 11.4 Å². The molecule has 2 heterocycles. The Morgan fingerprint density at radius 3 is 2.94 bits per heavy atom. The number of piperazine rings is 1. The number of nitrogens with zero attached hydrogens (tertiary/aromatic N) is 2. The van der Waals surface area contributed by atoms with Gasteiger partial charge in [-0.3, -0.25) is 10.3 Å². The Labute approximate surface area is 100 Å². The average Bonchev–Trinajstić information content (AvgIpc) is 2.79. The van der Waals surface area contributed by atoms with E-state index in [9.17, 15) is 0 Å². The summed E-state index contributed by atoms with van der Waals surface area (Å²) in [5.41, 5.74) is 7.60. The van der Waals surface area contributed by atoms with Gasteiger partial charge in [-0.05, 0) is 12.1 Å². The second-order valence-electron chi connectivity index (χ2n) is 4.07. The van der Waals surface area contributed by atoms with Crippen LogP contribution in [-0.4, -0.2) is 48.2 Å². The lowest BCUT2D eigenvalue weighted by Crippen LogP contribution is -2.42. The number of nitrogens with one attached hydrogen (secondary N) is 3. The van der Waals surface area contributed by atoms with Crippen molar-refractivity contribution < 1.29 is 0 Å². The largest absolute Gasteiger partial charge is 0.382 e. The van der Waals surface area contributed by atoms with Crippen molar-refractivity contribution in [1.82, 2.24) is 15.2 Å². The Hall–Kier alpha value is -1.66. The van der Waals surface area contributed by atoms with Gasteiger partial charge in [-0.15, -0.1) is 0 Å². The Morgan fingerprint density at radius 2 is 2.24 bits per heavy atom. The summed E-state index contributed by atoms with van der Waals surface area (Å²) in [6.07, 6.45) is 0.951. The minimum Gasteiger partial charge on any atom is -0.382 e. The van der Waals surface area contributed by atoms with Crippen molar-refractivity contribution in [2.75, 3.05) is 26.2 Å². The van der Waals surface area contributed by atoms with Gasteiger partial charge in [-0.25, -0.2) is 4.99 Å². The van der Waals surface area contributed by atoms with Crippen molar-refractivity contribution in [2.24, 2.45) is 10.7 Å². The fourth-order valence-corrected chi connectivity index (χ4v) is 1.93. The van der Waals surface area contributed by atoms with Crippen LogP contribution in [0.2, 0.25) is 0 Å². The molecule has 0 atom stereocenters. The molecule has 1 aliphatic heterocycles. The topological polar surface area (TPSA) is 93.3 Å². The van der Waals surface area contributed by atoms with E-state index in [1.807, 2.05) is 12.1 Å². The Morgan fingerprint density at radius 1 is 1.47 bits per heavy atom. The highest BCUT2D eigenvalue weighted by molar-refractivity contribution is 5.99. The second-order valence-corrected chi connectivity index (χ2v) is 4.07. The number of aromatic amines is 1. The number of hydrogen-bond acceptors (Lipinski definition) is 3. The van der Waals surface area contributed by atoms with Gasteiger partial charge in [-0.1, -0.05) is 0 Å². The van der Waals surface area contributed by atoms with Gasteiger partial charge in [-0.2, -0.15) is 0 Å². The molecule has 6 nitrogen and oxygen atoms in total. The SMILES string of the molecule is N=CN=C(N)c1ccc(CN2CCNCC2)[nH]1. The van der Waals surface area contributed by atoms with Gasteiger partial charge in [0.15, 0.2) is 0 Å². The highest BCUT2D eigenvalue weighted by atomic mass is 15.2. The smallest absolute Gasteiger partial charge is 0.148 e. The monoisotopic (exact) mass is 234 g/mol. The van der Waals surface area contributed by atoms with Gasteiger partial charge in [0.1, 0.15) is 12.2 Å². The maximum atomic E-state index is 6.87. The number of aromatic nitrogens is 1. The molecule has 0 bridgehead atoms. The first-order valence-corrected chi connectivity index (χ1v) is 5.73. The Kier molecular flexibility index (Phi) is 3.89. The van der Waals surface area contributed by atoms with Crippen molar-refractivity contribution in [3.05, 3.63) is 23.5 Å². The molecule has 0 radical (unpaired) electrons. The molecule has 17 heavy (non-hydrogen) atoms. The van der Waals surface area contributed by atoms with Crippen LogP contribution >= 0.6 is 0 Å². The quantitative estimate of drug-likeness (QED) is 0.427. The van der Waals surface area contributed by atoms with E-state index < -0.39 is 0 Å². The van der Waals surface area contributed by atoms with Gasteiger partial charge in [0.05, 0.1) is 5.69 Å².